The zero-order chi connectivity index (χ0) is 20.2. The monoisotopic (exact) mass is 390 g/mol. The van der Waals surface area contributed by atoms with E-state index in [1.54, 1.807) is 4.90 Å². The van der Waals surface area contributed by atoms with Crippen molar-refractivity contribution >= 4 is 29.2 Å². The molecule has 29 heavy (non-hydrogen) atoms. The van der Waals surface area contributed by atoms with Gasteiger partial charge in [-0.1, -0.05) is 17.7 Å². The normalized spacial score (nSPS) is 13.6. The summed E-state index contributed by atoms with van der Waals surface area (Å²) in [5, 5.41) is 3.12. The number of benzene rings is 2. The van der Waals surface area contributed by atoms with Crippen LogP contribution in [-0.2, 0) is 11.4 Å². The smallest absolute Gasteiger partial charge is 0.232 e. The number of hydrogen-bond donors (Lipinski definition) is 2. The van der Waals surface area contributed by atoms with Gasteiger partial charge in [0.2, 0.25) is 17.8 Å². The number of anilines is 4. The predicted molar refractivity (Wildman–Crippen MR) is 111 cm³/mol. The molecule has 0 spiro atoms. The van der Waals surface area contributed by atoms with Crippen molar-refractivity contribution in [3.05, 3.63) is 59.9 Å². The lowest BCUT2D eigenvalue weighted by Crippen LogP contribution is -2.23. The molecule has 3 aromatic rings. The molecule has 1 aliphatic heterocycles. The molecule has 3 N–H and O–H groups in total. The summed E-state index contributed by atoms with van der Waals surface area (Å²) < 4.78 is 5.77. The van der Waals surface area contributed by atoms with Gasteiger partial charge in [0.15, 0.2) is 5.82 Å². The van der Waals surface area contributed by atoms with Crippen LogP contribution >= 0.6 is 0 Å². The molecular formula is C21H22N6O2. The third kappa shape index (κ3) is 4.60. The lowest BCUT2D eigenvalue weighted by atomic mass is 10.2. The van der Waals surface area contributed by atoms with Crippen molar-refractivity contribution in [2.75, 3.05) is 22.5 Å². The largest absolute Gasteiger partial charge is 0.486 e. The maximum atomic E-state index is 11.8. The van der Waals surface area contributed by atoms with Gasteiger partial charge in [0.25, 0.3) is 0 Å². The summed E-state index contributed by atoms with van der Waals surface area (Å²) in [6.07, 6.45) is 1.51. The first-order chi connectivity index (χ1) is 14.1. The van der Waals surface area contributed by atoms with E-state index in [0.717, 1.165) is 24.3 Å². The fourth-order valence-electron chi connectivity index (χ4n) is 3.12. The average Bonchev–Trinajstić information content (AvgIpc) is 3.14. The molecule has 148 valence electrons. The predicted octanol–water partition coefficient (Wildman–Crippen LogP) is 3.21. The summed E-state index contributed by atoms with van der Waals surface area (Å²) in [7, 11) is 0. The number of amides is 1. The van der Waals surface area contributed by atoms with E-state index in [4.69, 9.17) is 10.5 Å². The van der Waals surface area contributed by atoms with Crippen LogP contribution in [0.4, 0.5) is 23.3 Å². The molecule has 0 atom stereocenters. The van der Waals surface area contributed by atoms with Crippen molar-refractivity contribution in [3.63, 3.8) is 0 Å². The molecule has 1 aromatic heterocycles. The number of ether oxygens (including phenoxy) is 1. The van der Waals surface area contributed by atoms with Crippen LogP contribution in [0.1, 0.15) is 24.2 Å². The summed E-state index contributed by atoms with van der Waals surface area (Å²) in [5.74, 6) is 1.73. The minimum Gasteiger partial charge on any atom is -0.486 e. The summed E-state index contributed by atoms with van der Waals surface area (Å²) in [6.45, 7) is 2.94. The van der Waals surface area contributed by atoms with E-state index >= 15 is 0 Å². The first-order valence-electron chi connectivity index (χ1n) is 9.44. The Kier molecular flexibility index (Phi) is 5.24. The Hall–Kier alpha value is -3.68. The summed E-state index contributed by atoms with van der Waals surface area (Å²) in [5.41, 5.74) is 8.72. The molecule has 1 aliphatic rings. The van der Waals surface area contributed by atoms with Gasteiger partial charge in [-0.25, -0.2) is 0 Å². The van der Waals surface area contributed by atoms with Gasteiger partial charge >= 0.3 is 0 Å². The zero-order valence-electron chi connectivity index (χ0n) is 16.1. The highest BCUT2D eigenvalue weighted by Crippen LogP contribution is 2.24. The topological polar surface area (TPSA) is 106 Å². The van der Waals surface area contributed by atoms with Gasteiger partial charge in [0, 0.05) is 24.3 Å². The summed E-state index contributed by atoms with van der Waals surface area (Å²) in [4.78, 5) is 26.2. The van der Waals surface area contributed by atoms with E-state index < -0.39 is 0 Å². The van der Waals surface area contributed by atoms with Crippen molar-refractivity contribution in [2.24, 2.45) is 0 Å². The number of aromatic nitrogens is 3. The van der Waals surface area contributed by atoms with Crippen molar-refractivity contribution < 1.29 is 9.53 Å². The molecule has 0 radical (unpaired) electrons. The third-order valence-electron chi connectivity index (χ3n) is 4.60. The molecule has 1 saturated heterocycles. The summed E-state index contributed by atoms with van der Waals surface area (Å²) in [6, 6.07) is 15.3. The zero-order valence-corrected chi connectivity index (χ0v) is 16.1. The molecular weight excluding hydrogens is 368 g/mol. The molecule has 0 saturated carbocycles. The van der Waals surface area contributed by atoms with Gasteiger partial charge in [-0.15, -0.1) is 0 Å². The van der Waals surface area contributed by atoms with Crippen molar-refractivity contribution in [2.45, 2.75) is 26.4 Å². The molecule has 1 fully saturated rings. The van der Waals surface area contributed by atoms with Crippen molar-refractivity contribution in [3.8, 4) is 5.75 Å². The number of nitrogens with zero attached hydrogens (tertiary/aromatic N) is 4. The Morgan fingerprint density at radius 2 is 1.83 bits per heavy atom. The van der Waals surface area contributed by atoms with E-state index in [1.807, 2.05) is 55.5 Å². The van der Waals surface area contributed by atoms with Crippen LogP contribution in [0, 0.1) is 6.92 Å². The highest BCUT2D eigenvalue weighted by Gasteiger charge is 2.21. The number of hydrogen-bond acceptors (Lipinski definition) is 7. The molecule has 2 aromatic carbocycles. The maximum Gasteiger partial charge on any atom is 0.232 e. The highest BCUT2D eigenvalue weighted by molar-refractivity contribution is 5.95. The van der Waals surface area contributed by atoms with Crippen LogP contribution in [-0.4, -0.2) is 27.4 Å². The lowest BCUT2D eigenvalue weighted by molar-refractivity contribution is -0.117. The highest BCUT2D eigenvalue weighted by atomic mass is 16.5. The second-order valence-corrected chi connectivity index (χ2v) is 6.86. The Bertz CT molecular complexity index is 1000. The molecule has 0 unspecified atom stereocenters. The Balaban J connectivity index is 1.41. The van der Waals surface area contributed by atoms with Gasteiger partial charge in [0.1, 0.15) is 12.4 Å². The van der Waals surface area contributed by atoms with Crippen molar-refractivity contribution in [1.82, 2.24) is 15.0 Å². The van der Waals surface area contributed by atoms with Crippen LogP contribution in [0.2, 0.25) is 0 Å². The number of nitrogens with one attached hydrogen (secondary N) is 1. The molecule has 8 heteroatoms. The Morgan fingerprint density at radius 3 is 2.52 bits per heavy atom. The van der Waals surface area contributed by atoms with Gasteiger partial charge in [-0.3, -0.25) is 4.79 Å². The van der Waals surface area contributed by atoms with E-state index in [2.05, 4.69) is 20.3 Å². The molecule has 1 amide bonds. The van der Waals surface area contributed by atoms with E-state index in [0.29, 0.717) is 23.9 Å². The second-order valence-electron chi connectivity index (χ2n) is 6.86. The Morgan fingerprint density at radius 1 is 1.07 bits per heavy atom. The van der Waals surface area contributed by atoms with E-state index in [9.17, 15) is 4.79 Å². The molecule has 4 rings (SSSR count). The van der Waals surface area contributed by atoms with Crippen molar-refractivity contribution in [1.29, 1.82) is 0 Å². The maximum absolute atomic E-state index is 11.8. The number of aryl methyl sites for hydroxylation is 1. The fraction of sp³-hybridized carbons (Fsp3) is 0.238. The van der Waals surface area contributed by atoms with Gasteiger partial charge in [0.05, 0.1) is 0 Å². The molecule has 2 heterocycles. The number of rotatable bonds is 6. The average molecular weight is 390 g/mol. The lowest BCUT2D eigenvalue weighted by Gasteiger charge is -2.16. The van der Waals surface area contributed by atoms with Gasteiger partial charge in [-0.05, 0) is 49.7 Å². The first-order valence-corrected chi connectivity index (χ1v) is 9.44. The fourth-order valence-corrected chi connectivity index (χ4v) is 3.12. The van der Waals surface area contributed by atoms with Crippen LogP contribution < -0.4 is 20.7 Å². The molecule has 0 aliphatic carbocycles. The minimum atomic E-state index is 0.121. The second kappa shape index (κ2) is 8.14. The number of nitrogen functional groups attached to an aromatic ring is 1. The number of carbonyl (C=O) groups is 1. The third-order valence-corrected chi connectivity index (χ3v) is 4.60. The van der Waals surface area contributed by atoms with E-state index in [-0.39, 0.29) is 18.5 Å². The minimum absolute atomic E-state index is 0.121. The van der Waals surface area contributed by atoms with Crippen LogP contribution in [0.3, 0.4) is 0 Å². The number of nitrogens with two attached hydrogens (primary N) is 1. The van der Waals surface area contributed by atoms with Gasteiger partial charge < -0.3 is 20.7 Å². The van der Waals surface area contributed by atoms with Crippen LogP contribution in [0.5, 0.6) is 5.75 Å². The molecule has 0 bridgehead atoms. The van der Waals surface area contributed by atoms with Gasteiger partial charge in [-0.2, -0.15) is 15.0 Å². The van der Waals surface area contributed by atoms with Crippen LogP contribution in [0.25, 0.3) is 0 Å². The quantitative estimate of drug-likeness (QED) is 0.665. The Labute approximate surface area is 168 Å². The first kappa shape index (κ1) is 18.7. The van der Waals surface area contributed by atoms with Crippen LogP contribution in [0.15, 0.2) is 48.5 Å². The molecule has 8 nitrogen and oxygen atoms in total. The van der Waals surface area contributed by atoms with E-state index in [1.165, 1.54) is 5.56 Å². The summed E-state index contributed by atoms with van der Waals surface area (Å²) >= 11 is 0. The SMILES string of the molecule is Cc1ccc(Nc2nc(N)nc(COc3ccc(N4CCCC4=O)cc3)n2)cc1. The number of carbonyl (C=O) groups excluding carboxylic acids is 1. The standard InChI is InChI=1S/C21H22N6O2/c1-14-4-6-15(7-5-14)23-21-25-18(24-20(22)26-21)13-29-17-10-8-16(9-11-17)27-12-2-3-19(27)28/h4-11H,2-3,12-13H2,1H3,(H3,22,23,24,25,26).